The van der Waals surface area contributed by atoms with Gasteiger partial charge in [-0.25, -0.2) is 0 Å². The molecular formula is C24H21NO5. The van der Waals surface area contributed by atoms with Gasteiger partial charge in [0.05, 0.1) is 19.9 Å². The van der Waals surface area contributed by atoms with Gasteiger partial charge in [0.2, 0.25) is 0 Å². The number of carbonyl (C=O) groups is 1. The number of nitrogens with one attached hydrogen (secondary N) is 1. The number of hydrogen-bond acceptors (Lipinski definition) is 5. The van der Waals surface area contributed by atoms with Gasteiger partial charge in [0.1, 0.15) is 23.5 Å². The summed E-state index contributed by atoms with van der Waals surface area (Å²) in [5.41, 5.74) is 2.38. The van der Waals surface area contributed by atoms with Gasteiger partial charge in [-0.15, -0.1) is 0 Å². The van der Waals surface area contributed by atoms with Crippen LogP contribution < -0.4 is 19.5 Å². The Balaban J connectivity index is 1.67. The predicted octanol–water partition coefficient (Wildman–Crippen LogP) is 5.42. The Hall–Kier alpha value is -3.93. The first-order chi connectivity index (χ1) is 14.6. The van der Waals surface area contributed by atoms with Gasteiger partial charge in [0.25, 0.3) is 5.91 Å². The number of furan rings is 1. The monoisotopic (exact) mass is 403 g/mol. The Morgan fingerprint density at radius 3 is 2.53 bits per heavy atom. The van der Waals surface area contributed by atoms with E-state index in [2.05, 4.69) is 11.9 Å². The summed E-state index contributed by atoms with van der Waals surface area (Å²) in [5.74, 6) is 1.23. The van der Waals surface area contributed by atoms with E-state index < -0.39 is 0 Å². The number of fused-ring (bicyclic) bond motifs is 3. The first-order valence-electron chi connectivity index (χ1n) is 9.37. The molecule has 6 heteroatoms. The van der Waals surface area contributed by atoms with E-state index in [0.29, 0.717) is 40.7 Å². The summed E-state index contributed by atoms with van der Waals surface area (Å²) in [6.07, 6.45) is 1.64. The molecule has 6 nitrogen and oxygen atoms in total. The van der Waals surface area contributed by atoms with Gasteiger partial charge in [-0.1, -0.05) is 30.9 Å². The summed E-state index contributed by atoms with van der Waals surface area (Å²) in [7, 11) is 3.09. The molecule has 1 amide bonds. The molecule has 0 atom stereocenters. The highest BCUT2D eigenvalue weighted by atomic mass is 16.5. The summed E-state index contributed by atoms with van der Waals surface area (Å²) in [5, 5.41) is 4.80. The van der Waals surface area contributed by atoms with E-state index in [1.165, 1.54) is 7.11 Å². The maximum Gasteiger partial charge on any atom is 0.255 e. The van der Waals surface area contributed by atoms with E-state index in [0.717, 1.165) is 16.4 Å². The molecule has 0 fully saturated rings. The zero-order valence-electron chi connectivity index (χ0n) is 16.7. The summed E-state index contributed by atoms with van der Waals surface area (Å²) >= 11 is 0. The van der Waals surface area contributed by atoms with Crippen LogP contribution in [0.25, 0.3) is 21.9 Å². The van der Waals surface area contributed by atoms with Crippen LogP contribution in [0.15, 0.2) is 71.7 Å². The van der Waals surface area contributed by atoms with Crippen LogP contribution in [0.1, 0.15) is 10.4 Å². The molecule has 0 aliphatic carbocycles. The van der Waals surface area contributed by atoms with E-state index in [9.17, 15) is 4.79 Å². The first-order valence-corrected chi connectivity index (χ1v) is 9.37. The fourth-order valence-corrected chi connectivity index (χ4v) is 3.29. The lowest BCUT2D eigenvalue weighted by molar-refractivity contribution is 0.102. The highest BCUT2D eigenvalue weighted by molar-refractivity contribution is 6.10. The standard InChI is InChI=1S/C24H21NO5/c1-4-11-29-20-10-9-15(12-23(20)28-3)24(26)25-18-14-21-17(13-22(18)27-2)16-7-5-6-8-19(16)30-21/h4-10,12-14H,1,11H2,2-3H3,(H,25,26). The van der Waals surface area contributed by atoms with E-state index in [1.807, 2.05) is 30.3 Å². The van der Waals surface area contributed by atoms with Crippen molar-refractivity contribution >= 4 is 33.5 Å². The largest absolute Gasteiger partial charge is 0.495 e. The van der Waals surface area contributed by atoms with Gasteiger partial charge in [0, 0.05) is 22.4 Å². The number of para-hydroxylation sites is 1. The molecule has 0 saturated heterocycles. The number of amides is 1. The van der Waals surface area contributed by atoms with Crippen LogP contribution in [-0.4, -0.2) is 26.7 Å². The normalized spacial score (nSPS) is 10.7. The lowest BCUT2D eigenvalue weighted by Crippen LogP contribution is -2.13. The molecule has 0 aliphatic heterocycles. The van der Waals surface area contributed by atoms with Crippen LogP contribution in [0.3, 0.4) is 0 Å². The number of rotatable bonds is 7. The number of ether oxygens (including phenoxy) is 3. The molecule has 0 aliphatic rings. The number of hydrogen-bond donors (Lipinski definition) is 1. The first kappa shape index (κ1) is 19.4. The second-order valence-electron chi connectivity index (χ2n) is 6.57. The third-order valence-electron chi connectivity index (χ3n) is 4.73. The number of carbonyl (C=O) groups excluding carboxylic acids is 1. The second kappa shape index (κ2) is 8.21. The molecule has 1 N–H and O–H groups in total. The molecule has 1 aromatic heterocycles. The second-order valence-corrected chi connectivity index (χ2v) is 6.57. The Morgan fingerprint density at radius 2 is 1.77 bits per heavy atom. The van der Waals surface area contributed by atoms with Crippen LogP contribution in [0.4, 0.5) is 5.69 Å². The van der Waals surface area contributed by atoms with Crippen LogP contribution in [0.2, 0.25) is 0 Å². The van der Waals surface area contributed by atoms with E-state index in [1.54, 1.807) is 37.5 Å². The summed E-state index contributed by atoms with van der Waals surface area (Å²) in [6.45, 7) is 3.97. The van der Waals surface area contributed by atoms with E-state index in [4.69, 9.17) is 18.6 Å². The van der Waals surface area contributed by atoms with Crippen molar-refractivity contribution < 1.29 is 23.4 Å². The molecule has 4 aromatic rings. The minimum Gasteiger partial charge on any atom is -0.495 e. The zero-order valence-corrected chi connectivity index (χ0v) is 16.7. The van der Waals surface area contributed by atoms with E-state index >= 15 is 0 Å². The van der Waals surface area contributed by atoms with Crippen molar-refractivity contribution in [3.05, 3.63) is 72.8 Å². The van der Waals surface area contributed by atoms with E-state index in [-0.39, 0.29) is 5.91 Å². The van der Waals surface area contributed by atoms with Gasteiger partial charge in [-0.3, -0.25) is 4.79 Å². The molecule has 0 unspecified atom stereocenters. The number of benzene rings is 3. The molecule has 0 spiro atoms. The summed E-state index contributed by atoms with van der Waals surface area (Å²) in [4.78, 5) is 12.9. The molecule has 3 aromatic carbocycles. The van der Waals surface area contributed by atoms with Crippen LogP contribution >= 0.6 is 0 Å². The minimum atomic E-state index is -0.308. The highest BCUT2D eigenvalue weighted by Crippen LogP contribution is 2.37. The van der Waals surface area contributed by atoms with Gasteiger partial charge in [-0.05, 0) is 30.3 Å². The summed E-state index contributed by atoms with van der Waals surface area (Å²) in [6, 6.07) is 16.4. The van der Waals surface area contributed by atoms with Gasteiger partial charge in [-0.2, -0.15) is 0 Å². The Morgan fingerprint density at radius 1 is 0.967 bits per heavy atom. The molecule has 1 heterocycles. The van der Waals surface area contributed by atoms with Crippen molar-refractivity contribution in [2.75, 3.05) is 26.1 Å². The van der Waals surface area contributed by atoms with Crippen molar-refractivity contribution in [2.45, 2.75) is 0 Å². The quantitative estimate of drug-likeness (QED) is 0.417. The lowest BCUT2D eigenvalue weighted by atomic mass is 10.1. The average Bonchev–Trinajstić information content (AvgIpc) is 3.14. The summed E-state index contributed by atoms with van der Waals surface area (Å²) < 4.78 is 22.3. The maximum atomic E-state index is 12.9. The van der Waals surface area contributed by atoms with Crippen LogP contribution in [0, 0.1) is 0 Å². The van der Waals surface area contributed by atoms with Crippen LogP contribution in [0.5, 0.6) is 17.2 Å². The predicted molar refractivity (Wildman–Crippen MR) is 117 cm³/mol. The topological polar surface area (TPSA) is 69.9 Å². The maximum absolute atomic E-state index is 12.9. The van der Waals surface area contributed by atoms with Crippen molar-refractivity contribution in [1.82, 2.24) is 0 Å². The third kappa shape index (κ3) is 3.55. The van der Waals surface area contributed by atoms with Crippen molar-refractivity contribution in [2.24, 2.45) is 0 Å². The lowest BCUT2D eigenvalue weighted by Gasteiger charge is -2.13. The number of anilines is 1. The fourth-order valence-electron chi connectivity index (χ4n) is 3.29. The fraction of sp³-hybridized carbons (Fsp3) is 0.125. The molecule has 0 bridgehead atoms. The average molecular weight is 403 g/mol. The SMILES string of the molecule is C=CCOc1ccc(C(=O)Nc2cc3oc4ccccc4c3cc2OC)cc1OC. The molecule has 30 heavy (non-hydrogen) atoms. The Labute approximate surface area is 173 Å². The van der Waals surface area contributed by atoms with Crippen molar-refractivity contribution in [3.8, 4) is 17.2 Å². The molecule has 0 radical (unpaired) electrons. The van der Waals surface area contributed by atoms with Gasteiger partial charge in [0.15, 0.2) is 11.5 Å². The van der Waals surface area contributed by atoms with Gasteiger partial charge < -0.3 is 23.9 Å². The Kier molecular flexibility index (Phi) is 5.30. The smallest absolute Gasteiger partial charge is 0.255 e. The van der Waals surface area contributed by atoms with Crippen LogP contribution in [-0.2, 0) is 0 Å². The van der Waals surface area contributed by atoms with Crippen molar-refractivity contribution in [3.63, 3.8) is 0 Å². The molecular weight excluding hydrogens is 382 g/mol. The Bertz CT molecular complexity index is 1240. The van der Waals surface area contributed by atoms with Crippen molar-refractivity contribution in [1.29, 1.82) is 0 Å². The molecule has 4 rings (SSSR count). The zero-order chi connectivity index (χ0) is 21.1. The number of methoxy groups -OCH3 is 2. The minimum absolute atomic E-state index is 0.308. The molecule has 0 saturated carbocycles. The van der Waals surface area contributed by atoms with Gasteiger partial charge >= 0.3 is 0 Å². The molecule has 152 valence electrons. The third-order valence-corrected chi connectivity index (χ3v) is 4.73. The highest BCUT2D eigenvalue weighted by Gasteiger charge is 2.16.